The fraction of sp³-hybridized carbons (Fsp3) is 0.467. The van der Waals surface area contributed by atoms with Gasteiger partial charge in [-0.2, -0.15) is 0 Å². The number of anilines is 1. The molecule has 0 unspecified atom stereocenters. The molecule has 4 nitrogen and oxygen atoms in total. The molecule has 1 aliphatic rings. The van der Waals surface area contributed by atoms with E-state index >= 15 is 0 Å². The zero-order valence-corrected chi connectivity index (χ0v) is 12.8. The van der Waals surface area contributed by atoms with E-state index < -0.39 is 0 Å². The minimum absolute atomic E-state index is 0.0711. The van der Waals surface area contributed by atoms with Crippen molar-refractivity contribution in [3.8, 4) is 0 Å². The fourth-order valence-electron chi connectivity index (χ4n) is 1.87. The molecule has 1 aromatic carbocycles. The summed E-state index contributed by atoms with van der Waals surface area (Å²) in [6.07, 6.45) is 0.210. The summed E-state index contributed by atoms with van der Waals surface area (Å²) in [6.45, 7) is 6.10. The molecular weight excluding hydrogens is 272 g/mol. The first-order valence-electron chi connectivity index (χ1n) is 6.83. The summed E-state index contributed by atoms with van der Waals surface area (Å²) in [4.78, 5) is 25.0. The summed E-state index contributed by atoms with van der Waals surface area (Å²) in [6, 6.07) is 7.77. The predicted molar refractivity (Wildman–Crippen MR) is 81.8 cm³/mol. The van der Waals surface area contributed by atoms with Gasteiger partial charge in [0.2, 0.25) is 11.8 Å². The summed E-state index contributed by atoms with van der Waals surface area (Å²) >= 11 is 1.46. The van der Waals surface area contributed by atoms with Crippen LogP contribution in [0.4, 0.5) is 5.69 Å². The van der Waals surface area contributed by atoms with Gasteiger partial charge in [-0.25, -0.2) is 0 Å². The van der Waals surface area contributed by atoms with E-state index in [4.69, 9.17) is 0 Å². The predicted octanol–water partition coefficient (Wildman–Crippen LogP) is 2.65. The van der Waals surface area contributed by atoms with Crippen LogP contribution in [0.15, 0.2) is 29.2 Å². The van der Waals surface area contributed by atoms with Crippen molar-refractivity contribution in [3.05, 3.63) is 24.3 Å². The highest BCUT2D eigenvalue weighted by atomic mass is 32.2. The molecular formula is C15H20N2O2S. The Labute approximate surface area is 123 Å². The molecule has 0 saturated heterocycles. The van der Waals surface area contributed by atoms with Gasteiger partial charge in [-0.15, -0.1) is 11.8 Å². The number of benzene rings is 1. The molecule has 108 valence electrons. The Morgan fingerprint density at radius 2 is 2.05 bits per heavy atom. The van der Waals surface area contributed by atoms with E-state index in [0.29, 0.717) is 5.92 Å². The Kier molecular flexibility index (Phi) is 4.70. The standard InChI is InChI=1S/C15H20N2O2S/c1-9(2)10(3)16-14(18)8-13-15(19)17-11-6-4-5-7-12(11)20-13/h4-7,9-10,13H,8H2,1-3H3,(H,16,18)(H,17,19)/t10-,13-/m1/s1. The highest BCUT2D eigenvalue weighted by molar-refractivity contribution is 8.01. The summed E-state index contributed by atoms with van der Waals surface area (Å²) < 4.78 is 0. The van der Waals surface area contributed by atoms with Gasteiger partial charge in [0.1, 0.15) is 0 Å². The van der Waals surface area contributed by atoms with Crippen LogP contribution in [0.3, 0.4) is 0 Å². The molecule has 1 aliphatic heterocycles. The number of hydrogen-bond donors (Lipinski definition) is 2. The normalized spacial score (nSPS) is 19.2. The lowest BCUT2D eigenvalue weighted by atomic mass is 10.1. The zero-order valence-electron chi connectivity index (χ0n) is 12.0. The number of rotatable bonds is 4. The van der Waals surface area contributed by atoms with Crippen molar-refractivity contribution in [1.29, 1.82) is 0 Å². The molecule has 0 spiro atoms. The monoisotopic (exact) mass is 292 g/mol. The van der Waals surface area contributed by atoms with Gasteiger partial charge in [0.25, 0.3) is 0 Å². The number of para-hydroxylation sites is 1. The second-order valence-electron chi connectivity index (χ2n) is 5.40. The van der Waals surface area contributed by atoms with Crippen molar-refractivity contribution >= 4 is 29.3 Å². The van der Waals surface area contributed by atoms with Crippen LogP contribution in [-0.2, 0) is 9.59 Å². The quantitative estimate of drug-likeness (QED) is 0.897. The molecule has 1 heterocycles. The maximum Gasteiger partial charge on any atom is 0.238 e. The van der Waals surface area contributed by atoms with Crippen LogP contribution in [0.5, 0.6) is 0 Å². The van der Waals surface area contributed by atoms with Crippen LogP contribution in [0.25, 0.3) is 0 Å². The van der Waals surface area contributed by atoms with Gasteiger partial charge in [-0.1, -0.05) is 26.0 Å². The maximum atomic E-state index is 12.0. The van der Waals surface area contributed by atoms with Crippen LogP contribution in [0.1, 0.15) is 27.2 Å². The van der Waals surface area contributed by atoms with Crippen molar-refractivity contribution in [1.82, 2.24) is 5.32 Å². The van der Waals surface area contributed by atoms with E-state index in [1.54, 1.807) is 0 Å². The third-order valence-electron chi connectivity index (χ3n) is 3.47. The van der Waals surface area contributed by atoms with E-state index in [-0.39, 0.29) is 29.5 Å². The number of amides is 2. The molecule has 2 rings (SSSR count). The van der Waals surface area contributed by atoms with Gasteiger partial charge in [0.15, 0.2) is 0 Å². The number of carbonyl (C=O) groups is 2. The molecule has 0 aliphatic carbocycles. The maximum absolute atomic E-state index is 12.0. The lowest BCUT2D eigenvalue weighted by molar-refractivity contribution is -0.124. The molecule has 2 atom stereocenters. The average molecular weight is 292 g/mol. The van der Waals surface area contributed by atoms with Crippen LogP contribution in [0, 0.1) is 5.92 Å². The van der Waals surface area contributed by atoms with Gasteiger partial charge >= 0.3 is 0 Å². The zero-order chi connectivity index (χ0) is 14.7. The van der Waals surface area contributed by atoms with Crippen LogP contribution in [0.2, 0.25) is 0 Å². The molecule has 0 radical (unpaired) electrons. The van der Waals surface area contributed by atoms with E-state index in [1.807, 2.05) is 31.2 Å². The topological polar surface area (TPSA) is 58.2 Å². The first kappa shape index (κ1) is 14.9. The second-order valence-corrected chi connectivity index (χ2v) is 6.64. The summed E-state index contributed by atoms with van der Waals surface area (Å²) in [5.74, 6) is 0.215. The number of hydrogen-bond acceptors (Lipinski definition) is 3. The fourth-order valence-corrected chi connectivity index (χ4v) is 2.99. The van der Waals surface area contributed by atoms with Crippen LogP contribution >= 0.6 is 11.8 Å². The number of thioether (sulfide) groups is 1. The van der Waals surface area contributed by atoms with Crippen molar-refractivity contribution in [3.63, 3.8) is 0 Å². The molecule has 1 aromatic rings. The van der Waals surface area contributed by atoms with Crippen LogP contribution in [-0.4, -0.2) is 23.1 Å². The van der Waals surface area contributed by atoms with E-state index in [2.05, 4.69) is 24.5 Å². The molecule has 20 heavy (non-hydrogen) atoms. The minimum Gasteiger partial charge on any atom is -0.353 e. The first-order valence-corrected chi connectivity index (χ1v) is 7.71. The van der Waals surface area contributed by atoms with Crippen LogP contribution < -0.4 is 10.6 Å². The van der Waals surface area contributed by atoms with Crippen molar-refractivity contribution < 1.29 is 9.59 Å². The Balaban J connectivity index is 1.97. The van der Waals surface area contributed by atoms with Gasteiger partial charge in [-0.05, 0) is 25.0 Å². The van der Waals surface area contributed by atoms with Gasteiger partial charge < -0.3 is 10.6 Å². The second kappa shape index (κ2) is 6.31. The molecule has 0 saturated carbocycles. The first-order chi connectivity index (χ1) is 9.47. The Morgan fingerprint density at radius 1 is 1.35 bits per heavy atom. The van der Waals surface area contributed by atoms with Gasteiger partial charge in [-0.3, -0.25) is 9.59 Å². The summed E-state index contributed by atoms with van der Waals surface area (Å²) in [7, 11) is 0. The minimum atomic E-state index is -0.357. The number of nitrogens with one attached hydrogen (secondary N) is 2. The molecule has 5 heteroatoms. The largest absolute Gasteiger partial charge is 0.353 e. The Hall–Kier alpha value is -1.49. The Bertz CT molecular complexity index is 516. The third-order valence-corrected chi connectivity index (χ3v) is 4.74. The van der Waals surface area contributed by atoms with Crippen molar-refractivity contribution in [2.45, 2.75) is 43.4 Å². The van der Waals surface area contributed by atoms with Crippen molar-refractivity contribution in [2.75, 3.05) is 5.32 Å². The van der Waals surface area contributed by atoms with E-state index in [0.717, 1.165) is 10.6 Å². The smallest absolute Gasteiger partial charge is 0.238 e. The summed E-state index contributed by atoms with van der Waals surface area (Å²) in [5, 5.41) is 5.43. The Morgan fingerprint density at radius 3 is 2.75 bits per heavy atom. The number of fused-ring (bicyclic) bond motifs is 1. The van der Waals surface area contributed by atoms with E-state index in [1.165, 1.54) is 11.8 Å². The van der Waals surface area contributed by atoms with E-state index in [9.17, 15) is 9.59 Å². The molecule has 2 N–H and O–H groups in total. The molecule has 2 amide bonds. The lowest BCUT2D eigenvalue weighted by Gasteiger charge is -2.24. The molecule has 0 aromatic heterocycles. The highest BCUT2D eigenvalue weighted by Crippen LogP contribution is 2.36. The number of carbonyl (C=O) groups excluding carboxylic acids is 2. The van der Waals surface area contributed by atoms with Crippen molar-refractivity contribution in [2.24, 2.45) is 5.92 Å². The van der Waals surface area contributed by atoms with Gasteiger partial charge in [0, 0.05) is 17.4 Å². The molecule has 0 fully saturated rings. The average Bonchev–Trinajstić information content (AvgIpc) is 2.39. The summed E-state index contributed by atoms with van der Waals surface area (Å²) in [5.41, 5.74) is 0.828. The lowest BCUT2D eigenvalue weighted by Crippen LogP contribution is -2.40. The van der Waals surface area contributed by atoms with Gasteiger partial charge in [0.05, 0.1) is 10.9 Å². The SMILES string of the molecule is CC(C)[C@@H](C)NC(=O)C[C@H]1Sc2ccccc2NC1=O. The third kappa shape index (κ3) is 3.54. The molecule has 0 bridgehead atoms. The highest BCUT2D eigenvalue weighted by Gasteiger charge is 2.29.